The second-order valence-electron chi connectivity index (χ2n) is 5.60. The number of amides is 1. The predicted molar refractivity (Wildman–Crippen MR) is 104 cm³/mol. The van der Waals surface area contributed by atoms with Crippen LogP contribution in [0, 0.1) is 6.92 Å². The van der Waals surface area contributed by atoms with E-state index in [1.165, 1.54) is 30.3 Å². The molecular weight excluding hydrogens is 431 g/mol. The Morgan fingerprint density at radius 2 is 1.82 bits per heavy atom. The summed E-state index contributed by atoms with van der Waals surface area (Å²) in [7, 11) is -3.93. The molecule has 0 atom stereocenters. The molecule has 0 bridgehead atoms. The van der Waals surface area contributed by atoms with Crippen molar-refractivity contribution in [3.05, 3.63) is 52.0 Å². The second kappa shape index (κ2) is 9.24. The zero-order valence-corrected chi connectivity index (χ0v) is 16.9. The van der Waals surface area contributed by atoms with Crippen LogP contribution in [0.3, 0.4) is 0 Å². The first-order valence-electron chi connectivity index (χ1n) is 7.73. The maximum atomic E-state index is 11.9. The number of sulfonamides is 1. The van der Waals surface area contributed by atoms with E-state index in [9.17, 15) is 18.0 Å². The van der Waals surface area contributed by atoms with E-state index >= 15 is 0 Å². The summed E-state index contributed by atoms with van der Waals surface area (Å²) in [5.74, 6) is -1.22. The van der Waals surface area contributed by atoms with Gasteiger partial charge in [-0.1, -0.05) is 29.3 Å². The lowest BCUT2D eigenvalue weighted by Crippen LogP contribution is -2.24. The van der Waals surface area contributed by atoms with Crippen LogP contribution in [0.25, 0.3) is 0 Å². The highest BCUT2D eigenvalue weighted by atomic mass is 35.5. The van der Waals surface area contributed by atoms with Crippen LogP contribution in [-0.2, 0) is 24.3 Å². The molecule has 0 aliphatic carbocycles. The number of halogens is 2. The lowest BCUT2D eigenvalue weighted by Gasteiger charge is -2.10. The lowest BCUT2D eigenvalue weighted by atomic mass is 10.2. The Kier molecular flexibility index (Phi) is 7.25. The normalized spacial score (nSPS) is 11.0. The van der Waals surface area contributed by atoms with Crippen molar-refractivity contribution < 1.29 is 27.5 Å². The Hall–Kier alpha value is -2.33. The number of rotatable bonds is 7. The topological polar surface area (TPSA) is 125 Å². The largest absolute Gasteiger partial charge is 0.480 e. The summed E-state index contributed by atoms with van der Waals surface area (Å²) >= 11 is 11.7. The van der Waals surface area contributed by atoms with Gasteiger partial charge in [-0.05, 0) is 42.8 Å². The van der Waals surface area contributed by atoms with E-state index in [4.69, 9.17) is 37.8 Å². The molecule has 0 aliphatic heterocycles. The predicted octanol–water partition coefficient (Wildman–Crippen LogP) is 2.51. The number of ether oxygens (including phenoxy) is 2. The fraction of sp³-hybridized carbons (Fsp3) is 0.176. The van der Waals surface area contributed by atoms with Crippen molar-refractivity contribution >= 4 is 50.8 Å². The van der Waals surface area contributed by atoms with E-state index < -0.39 is 35.1 Å². The molecule has 0 heterocycles. The highest BCUT2D eigenvalue weighted by molar-refractivity contribution is 7.89. The van der Waals surface area contributed by atoms with Crippen molar-refractivity contribution in [2.24, 2.45) is 5.14 Å². The van der Waals surface area contributed by atoms with E-state index in [-0.39, 0.29) is 21.4 Å². The fourth-order valence-corrected chi connectivity index (χ4v) is 3.37. The van der Waals surface area contributed by atoms with Gasteiger partial charge in [-0.15, -0.1) is 0 Å². The molecule has 0 saturated heterocycles. The molecule has 2 aromatic rings. The van der Waals surface area contributed by atoms with E-state index in [1.807, 2.05) is 0 Å². The van der Waals surface area contributed by atoms with E-state index in [0.717, 1.165) is 0 Å². The van der Waals surface area contributed by atoms with E-state index in [0.29, 0.717) is 10.6 Å². The van der Waals surface area contributed by atoms with Crippen LogP contribution in [0.1, 0.15) is 5.56 Å². The Balaban J connectivity index is 1.86. The number of hydrogen-bond donors (Lipinski definition) is 2. The van der Waals surface area contributed by atoms with Crippen LogP contribution >= 0.6 is 23.2 Å². The minimum Gasteiger partial charge on any atom is -0.480 e. The summed E-state index contributed by atoms with van der Waals surface area (Å²) < 4.78 is 33.0. The molecule has 0 unspecified atom stereocenters. The number of carbonyl (C=O) groups excluding carboxylic acids is 2. The number of esters is 1. The number of benzene rings is 2. The number of aryl methyl sites for hydroxylation is 1. The molecule has 2 aromatic carbocycles. The first-order valence-corrected chi connectivity index (χ1v) is 10.0. The molecule has 0 radical (unpaired) electrons. The molecule has 0 aromatic heterocycles. The van der Waals surface area contributed by atoms with Crippen molar-refractivity contribution in [2.75, 3.05) is 18.5 Å². The molecule has 3 N–H and O–H groups in total. The standard InChI is InChI=1S/C17H16Cl2N2O6S/c1-10-2-4-12(7-15(10)28(20,24)25)21-16(22)8-27-17(23)9-26-14-5-3-11(18)6-13(14)19/h2-7H,8-9H2,1H3,(H,21,22)(H2,20,24,25). The monoisotopic (exact) mass is 446 g/mol. The Morgan fingerprint density at radius 1 is 1.11 bits per heavy atom. The van der Waals surface area contributed by atoms with Crippen molar-refractivity contribution in [1.29, 1.82) is 0 Å². The lowest BCUT2D eigenvalue weighted by molar-refractivity contribution is -0.149. The Bertz CT molecular complexity index is 1010. The zero-order valence-electron chi connectivity index (χ0n) is 14.6. The number of carbonyl (C=O) groups is 2. The molecule has 150 valence electrons. The van der Waals surface area contributed by atoms with Gasteiger partial charge in [-0.3, -0.25) is 4.79 Å². The molecule has 0 fully saturated rings. The summed E-state index contributed by atoms with van der Waals surface area (Å²) in [5.41, 5.74) is 0.629. The average Bonchev–Trinajstić information content (AvgIpc) is 2.60. The molecule has 0 saturated carbocycles. The van der Waals surface area contributed by atoms with Crippen LogP contribution in [0.4, 0.5) is 5.69 Å². The maximum Gasteiger partial charge on any atom is 0.344 e. The SMILES string of the molecule is Cc1ccc(NC(=O)COC(=O)COc2ccc(Cl)cc2Cl)cc1S(N)(=O)=O. The van der Waals surface area contributed by atoms with Gasteiger partial charge in [0, 0.05) is 10.7 Å². The van der Waals surface area contributed by atoms with Crippen molar-refractivity contribution in [3.8, 4) is 5.75 Å². The summed E-state index contributed by atoms with van der Waals surface area (Å²) in [6.45, 7) is 0.518. The number of hydrogen-bond acceptors (Lipinski definition) is 6. The van der Waals surface area contributed by atoms with Gasteiger partial charge in [0.05, 0.1) is 9.92 Å². The summed E-state index contributed by atoms with van der Waals surface area (Å²) in [5, 5.41) is 8.17. The molecule has 28 heavy (non-hydrogen) atoms. The molecule has 8 nitrogen and oxygen atoms in total. The highest BCUT2D eigenvalue weighted by Gasteiger charge is 2.14. The minimum atomic E-state index is -3.93. The van der Waals surface area contributed by atoms with Gasteiger partial charge in [0.2, 0.25) is 10.0 Å². The molecule has 0 aliphatic rings. The average molecular weight is 447 g/mol. The molecule has 11 heteroatoms. The molecule has 2 rings (SSSR count). The second-order valence-corrected chi connectivity index (χ2v) is 7.97. The van der Waals surface area contributed by atoms with Crippen LogP contribution in [0.15, 0.2) is 41.3 Å². The van der Waals surface area contributed by atoms with Crippen LogP contribution in [0.2, 0.25) is 10.0 Å². The van der Waals surface area contributed by atoms with Crippen molar-refractivity contribution in [3.63, 3.8) is 0 Å². The van der Waals surface area contributed by atoms with E-state index in [2.05, 4.69) is 5.32 Å². The van der Waals surface area contributed by atoms with Crippen LogP contribution in [-0.4, -0.2) is 33.5 Å². The highest BCUT2D eigenvalue weighted by Crippen LogP contribution is 2.27. The van der Waals surface area contributed by atoms with Gasteiger partial charge >= 0.3 is 5.97 Å². The van der Waals surface area contributed by atoms with Gasteiger partial charge in [-0.2, -0.15) is 0 Å². The smallest absolute Gasteiger partial charge is 0.344 e. The fourth-order valence-electron chi connectivity index (χ4n) is 2.10. The third kappa shape index (κ3) is 6.38. The molecular formula is C17H16Cl2N2O6S. The third-order valence-corrected chi connectivity index (χ3v) is 4.97. The summed E-state index contributed by atoms with van der Waals surface area (Å²) in [6.07, 6.45) is 0. The number of nitrogens with two attached hydrogens (primary N) is 1. The quantitative estimate of drug-likeness (QED) is 0.629. The Labute approximate surface area is 171 Å². The maximum absolute atomic E-state index is 11.9. The van der Waals surface area contributed by atoms with Gasteiger partial charge in [0.1, 0.15) is 5.75 Å². The molecule has 1 amide bonds. The van der Waals surface area contributed by atoms with Gasteiger partial charge < -0.3 is 14.8 Å². The minimum absolute atomic E-state index is 0.115. The van der Waals surface area contributed by atoms with E-state index in [1.54, 1.807) is 13.0 Å². The zero-order chi connectivity index (χ0) is 20.9. The van der Waals surface area contributed by atoms with Gasteiger partial charge in [0.25, 0.3) is 5.91 Å². The Morgan fingerprint density at radius 3 is 2.46 bits per heavy atom. The molecule has 0 spiro atoms. The number of nitrogens with one attached hydrogen (secondary N) is 1. The third-order valence-electron chi connectivity index (χ3n) is 3.38. The van der Waals surface area contributed by atoms with Crippen molar-refractivity contribution in [2.45, 2.75) is 11.8 Å². The van der Waals surface area contributed by atoms with Crippen LogP contribution < -0.4 is 15.2 Å². The summed E-state index contributed by atoms with van der Waals surface area (Å²) in [4.78, 5) is 23.5. The van der Waals surface area contributed by atoms with Crippen LogP contribution in [0.5, 0.6) is 5.75 Å². The number of anilines is 1. The summed E-state index contributed by atoms with van der Waals surface area (Å²) in [6, 6.07) is 8.69. The van der Waals surface area contributed by atoms with Crippen molar-refractivity contribution in [1.82, 2.24) is 0 Å². The van der Waals surface area contributed by atoms with Gasteiger partial charge in [0.15, 0.2) is 13.2 Å². The number of primary sulfonamides is 1. The van der Waals surface area contributed by atoms with Gasteiger partial charge in [-0.25, -0.2) is 18.4 Å². The first-order chi connectivity index (χ1) is 13.1. The first kappa shape index (κ1) is 22.0.